The highest BCUT2D eigenvalue weighted by atomic mass is 32.2. The highest BCUT2D eigenvalue weighted by Gasteiger charge is 2.01. The van der Waals surface area contributed by atoms with E-state index in [-0.39, 0.29) is 5.12 Å². The number of thioether (sulfide) groups is 1. The molecule has 0 aliphatic carbocycles. The summed E-state index contributed by atoms with van der Waals surface area (Å²) in [5, 5.41) is 0.0948. The molecule has 0 aliphatic rings. The maximum absolute atomic E-state index is 10.9. The predicted octanol–water partition coefficient (Wildman–Crippen LogP) is 3.44. The van der Waals surface area contributed by atoms with Crippen LogP contribution in [-0.2, 0) is 17.2 Å². The van der Waals surface area contributed by atoms with Crippen molar-refractivity contribution in [2.45, 2.75) is 19.3 Å². The van der Waals surface area contributed by atoms with Gasteiger partial charge in [-0.05, 0) is 11.6 Å². The number of nitrogens with zero attached hydrogens (tertiary/aromatic N) is 1. The zero-order valence-electron chi connectivity index (χ0n) is 10.7. The molecule has 0 fully saturated rings. The van der Waals surface area contributed by atoms with E-state index in [9.17, 15) is 4.79 Å². The van der Waals surface area contributed by atoms with Gasteiger partial charge in [-0.2, -0.15) is 0 Å². The van der Waals surface area contributed by atoms with Crippen LogP contribution in [0.3, 0.4) is 0 Å². The van der Waals surface area contributed by atoms with Gasteiger partial charge in [-0.3, -0.25) is 9.78 Å². The van der Waals surface area contributed by atoms with Crippen LogP contribution in [0.5, 0.6) is 5.75 Å². The molecule has 1 aromatic carbocycles. The molecule has 0 saturated heterocycles. The van der Waals surface area contributed by atoms with Crippen molar-refractivity contribution in [3.05, 3.63) is 59.9 Å². The van der Waals surface area contributed by atoms with E-state index in [0.717, 1.165) is 17.0 Å². The minimum absolute atomic E-state index is 0.0948. The van der Waals surface area contributed by atoms with E-state index in [0.29, 0.717) is 12.4 Å². The van der Waals surface area contributed by atoms with Gasteiger partial charge in [0.1, 0.15) is 12.4 Å². The van der Waals surface area contributed by atoms with Gasteiger partial charge in [-0.15, -0.1) is 0 Å². The van der Waals surface area contributed by atoms with Gasteiger partial charge in [-0.1, -0.05) is 42.1 Å². The Morgan fingerprint density at radius 2 is 2.05 bits per heavy atom. The molecule has 0 unspecified atom stereocenters. The first-order valence-corrected chi connectivity index (χ1v) is 6.97. The molecule has 1 aromatic heterocycles. The highest BCUT2D eigenvalue weighted by Crippen LogP contribution is 2.17. The number of pyridine rings is 1. The van der Waals surface area contributed by atoms with Gasteiger partial charge in [0.25, 0.3) is 0 Å². The Hall–Kier alpha value is -1.81. The van der Waals surface area contributed by atoms with E-state index in [1.807, 2.05) is 42.5 Å². The Labute approximate surface area is 117 Å². The lowest BCUT2D eigenvalue weighted by molar-refractivity contribution is -0.109. The zero-order valence-corrected chi connectivity index (χ0v) is 11.5. The maximum Gasteiger partial charge on any atom is 0.186 e. The summed E-state index contributed by atoms with van der Waals surface area (Å²) in [7, 11) is 0. The van der Waals surface area contributed by atoms with Gasteiger partial charge >= 0.3 is 0 Å². The maximum atomic E-state index is 10.9. The van der Waals surface area contributed by atoms with Crippen LogP contribution in [0.4, 0.5) is 0 Å². The molecule has 98 valence electrons. The Bertz CT molecular complexity index is 543. The molecule has 4 heteroatoms. The molecule has 0 saturated carbocycles. The first kappa shape index (κ1) is 13.6. The van der Waals surface area contributed by atoms with Crippen LogP contribution in [-0.4, -0.2) is 10.1 Å². The van der Waals surface area contributed by atoms with Gasteiger partial charge in [-0.25, -0.2) is 0 Å². The molecule has 0 N–H and O–H groups in total. The number of hydrogen-bond donors (Lipinski definition) is 0. The molecule has 2 aromatic rings. The van der Waals surface area contributed by atoms with Crippen molar-refractivity contribution >= 4 is 16.9 Å². The Morgan fingerprint density at radius 3 is 2.79 bits per heavy atom. The summed E-state index contributed by atoms with van der Waals surface area (Å²) < 4.78 is 5.71. The Morgan fingerprint density at radius 1 is 1.26 bits per heavy atom. The molecule has 3 nitrogen and oxygen atoms in total. The SMILES string of the molecule is CC(=O)SCc1cc(OCc2ccccc2)ccn1. The fourth-order valence-corrected chi connectivity index (χ4v) is 2.05. The van der Waals surface area contributed by atoms with E-state index >= 15 is 0 Å². The molecule has 0 amide bonds. The van der Waals surface area contributed by atoms with Crippen molar-refractivity contribution in [3.63, 3.8) is 0 Å². The van der Waals surface area contributed by atoms with Gasteiger partial charge in [0.2, 0.25) is 0 Å². The minimum atomic E-state index is 0.0948. The zero-order chi connectivity index (χ0) is 13.5. The fraction of sp³-hybridized carbons (Fsp3) is 0.200. The van der Waals surface area contributed by atoms with E-state index in [4.69, 9.17) is 4.74 Å². The summed E-state index contributed by atoms with van der Waals surface area (Å²) in [4.78, 5) is 15.1. The molecule has 0 spiro atoms. The molecular formula is C15H15NO2S. The summed E-state index contributed by atoms with van der Waals surface area (Å²) >= 11 is 1.25. The average molecular weight is 273 g/mol. The average Bonchev–Trinajstić information content (AvgIpc) is 2.44. The standard InChI is InChI=1S/C15H15NO2S/c1-12(17)19-11-14-9-15(7-8-16-14)18-10-13-5-3-2-4-6-13/h2-9H,10-11H2,1H3. The minimum Gasteiger partial charge on any atom is -0.489 e. The van der Waals surface area contributed by atoms with Gasteiger partial charge in [0.05, 0.1) is 5.69 Å². The molecule has 0 radical (unpaired) electrons. The number of carbonyl (C=O) groups is 1. The lowest BCUT2D eigenvalue weighted by atomic mass is 10.2. The lowest BCUT2D eigenvalue weighted by Gasteiger charge is -2.07. The topological polar surface area (TPSA) is 39.2 Å². The van der Waals surface area contributed by atoms with E-state index in [1.165, 1.54) is 11.8 Å². The summed E-state index contributed by atoms with van der Waals surface area (Å²) in [6, 6.07) is 13.7. The molecule has 0 aliphatic heterocycles. The molecule has 1 heterocycles. The number of carbonyl (C=O) groups excluding carboxylic acids is 1. The summed E-state index contributed by atoms with van der Waals surface area (Å²) in [6.07, 6.45) is 1.70. The highest BCUT2D eigenvalue weighted by molar-refractivity contribution is 8.12. The smallest absolute Gasteiger partial charge is 0.186 e. The largest absolute Gasteiger partial charge is 0.489 e. The Kier molecular flexibility index (Phi) is 4.98. The Balaban J connectivity index is 1.93. The fourth-order valence-electron chi connectivity index (χ4n) is 1.54. The van der Waals surface area contributed by atoms with Crippen LogP contribution in [0.25, 0.3) is 0 Å². The van der Waals surface area contributed by atoms with Crippen molar-refractivity contribution in [3.8, 4) is 5.75 Å². The molecule has 2 rings (SSSR count). The summed E-state index contributed by atoms with van der Waals surface area (Å²) in [6.45, 7) is 2.09. The number of hydrogen-bond acceptors (Lipinski definition) is 4. The predicted molar refractivity (Wildman–Crippen MR) is 77.0 cm³/mol. The normalized spacial score (nSPS) is 10.2. The molecule has 0 bridgehead atoms. The van der Waals surface area contributed by atoms with Crippen LogP contribution in [0.1, 0.15) is 18.2 Å². The summed E-state index contributed by atoms with van der Waals surface area (Å²) in [5.41, 5.74) is 1.98. The van der Waals surface area contributed by atoms with Crippen LogP contribution in [0.15, 0.2) is 48.7 Å². The number of aromatic nitrogens is 1. The van der Waals surface area contributed by atoms with Gasteiger partial charge in [0, 0.05) is 24.9 Å². The van der Waals surface area contributed by atoms with E-state index in [1.54, 1.807) is 13.1 Å². The van der Waals surface area contributed by atoms with Crippen molar-refractivity contribution in [1.82, 2.24) is 4.98 Å². The van der Waals surface area contributed by atoms with Crippen LogP contribution >= 0.6 is 11.8 Å². The lowest BCUT2D eigenvalue weighted by Crippen LogP contribution is -1.97. The van der Waals surface area contributed by atoms with Gasteiger partial charge < -0.3 is 4.74 Å². The molecular weight excluding hydrogens is 258 g/mol. The second-order valence-corrected chi connectivity index (χ2v) is 5.19. The first-order chi connectivity index (χ1) is 9.24. The number of rotatable bonds is 5. The van der Waals surface area contributed by atoms with Crippen molar-refractivity contribution in [2.24, 2.45) is 0 Å². The van der Waals surface area contributed by atoms with E-state index in [2.05, 4.69) is 4.98 Å². The number of ether oxygens (including phenoxy) is 1. The second-order valence-electron chi connectivity index (χ2n) is 4.04. The quantitative estimate of drug-likeness (QED) is 0.836. The van der Waals surface area contributed by atoms with Crippen LogP contribution < -0.4 is 4.74 Å². The molecule has 0 atom stereocenters. The summed E-state index contributed by atoms with van der Waals surface area (Å²) in [5.74, 6) is 1.36. The van der Waals surface area contributed by atoms with E-state index < -0.39 is 0 Å². The third kappa shape index (κ3) is 4.75. The van der Waals surface area contributed by atoms with Crippen molar-refractivity contribution in [2.75, 3.05) is 0 Å². The van der Waals surface area contributed by atoms with Crippen LogP contribution in [0.2, 0.25) is 0 Å². The monoisotopic (exact) mass is 273 g/mol. The number of benzene rings is 1. The molecule has 19 heavy (non-hydrogen) atoms. The van der Waals surface area contributed by atoms with Gasteiger partial charge in [0.15, 0.2) is 5.12 Å². The van der Waals surface area contributed by atoms with Crippen molar-refractivity contribution in [1.29, 1.82) is 0 Å². The van der Waals surface area contributed by atoms with Crippen LogP contribution in [0, 0.1) is 0 Å². The third-order valence-corrected chi connectivity index (χ3v) is 3.31. The first-order valence-electron chi connectivity index (χ1n) is 5.99. The second kappa shape index (κ2) is 6.95. The van der Waals surface area contributed by atoms with Crippen molar-refractivity contribution < 1.29 is 9.53 Å². The third-order valence-electron chi connectivity index (χ3n) is 2.46.